The van der Waals surface area contributed by atoms with Crippen LogP contribution in [0.3, 0.4) is 0 Å². The molecule has 5 heteroatoms. The molecule has 0 saturated heterocycles. The Kier molecular flexibility index (Phi) is 3.63. The molecule has 0 aromatic heterocycles. The summed E-state index contributed by atoms with van der Waals surface area (Å²) in [5.41, 5.74) is 0.904. The zero-order chi connectivity index (χ0) is 17.7. The summed E-state index contributed by atoms with van der Waals surface area (Å²) in [6, 6.07) is 16.2. The fraction of sp³-hybridized carbons (Fsp3) is 0.350. The van der Waals surface area contributed by atoms with Gasteiger partial charge in [-0.15, -0.1) is 0 Å². The minimum absolute atomic E-state index is 0.0981. The molecule has 0 spiro atoms. The summed E-state index contributed by atoms with van der Waals surface area (Å²) < 4.78 is 42.8. The van der Waals surface area contributed by atoms with Gasteiger partial charge in [0.1, 0.15) is 0 Å². The Bertz CT molecular complexity index is 792. The number of hydrazone groups is 1. The van der Waals surface area contributed by atoms with E-state index in [1.165, 1.54) is 5.01 Å². The molecule has 0 bridgehead atoms. The topological polar surface area (TPSA) is 15.6 Å². The van der Waals surface area contributed by atoms with Crippen LogP contribution >= 0.6 is 0 Å². The molecule has 1 unspecified atom stereocenters. The van der Waals surface area contributed by atoms with Crippen molar-refractivity contribution in [1.29, 1.82) is 0 Å². The van der Waals surface area contributed by atoms with Crippen LogP contribution in [0.15, 0.2) is 59.7 Å². The summed E-state index contributed by atoms with van der Waals surface area (Å²) in [7, 11) is 0. The van der Waals surface area contributed by atoms with Crippen LogP contribution in [0.2, 0.25) is 0 Å². The summed E-state index contributed by atoms with van der Waals surface area (Å²) in [6.07, 6.45) is -3.25. The monoisotopic (exact) mass is 344 g/mol. The van der Waals surface area contributed by atoms with Gasteiger partial charge in [0.2, 0.25) is 0 Å². The van der Waals surface area contributed by atoms with Crippen molar-refractivity contribution in [3.63, 3.8) is 0 Å². The molecule has 0 N–H and O–H groups in total. The van der Waals surface area contributed by atoms with E-state index in [1.54, 1.807) is 30.3 Å². The minimum atomic E-state index is -4.35. The summed E-state index contributed by atoms with van der Waals surface area (Å²) in [5.74, 6) is -0.403. The maximum absolute atomic E-state index is 14.3. The lowest BCUT2D eigenvalue weighted by atomic mass is 9.85. The van der Waals surface area contributed by atoms with Crippen molar-refractivity contribution in [3.05, 3.63) is 65.7 Å². The minimum Gasteiger partial charge on any atom is -0.249 e. The van der Waals surface area contributed by atoms with Crippen molar-refractivity contribution in [2.45, 2.75) is 37.9 Å². The molecule has 1 atom stereocenters. The van der Waals surface area contributed by atoms with E-state index in [9.17, 15) is 13.2 Å². The van der Waals surface area contributed by atoms with Crippen molar-refractivity contribution >= 4 is 11.4 Å². The molecule has 130 valence electrons. The van der Waals surface area contributed by atoms with Crippen LogP contribution in [0.5, 0.6) is 0 Å². The first-order valence-corrected chi connectivity index (χ1v) is 8.48. The molecule has 1 heterocycles. The Labute approximate surface area is 145 Å². The first-order chi connectivity index (χ1) is 11.9. The molecule has 4 rings (SSSR count). The SMILES string of the molecule is Cc1ccc(C2=NN(c3ccccc3)C(C3CC3)(C(F)(F)F)C2)cc1. The third kappa shape index (κ3) is 2.62. The van der Waals surface area contributed by atoms with Gasteiger partial charge in [-0.1, -0.05) is 48.0 Å². The molecular formula is C20H19F3N2. The van der Waals surface area contributed by atoms with E-state index in [-0.39, 0.29) is 6.42 Å². The van der Waals surface area contributed by atoms with Gasteiger partial charge < -0.3 is 0 Å². The van der Waals surface area contributed by atoms with Gasteiger partial charge in [-0.2, -0.15) is 18.3 Å². The number of benzene rings is 2. The molecule has 0 radical (unpaired) electrons. The van der Waals surface area contributed by atoms with E-state index in [2.05, 4.69) is 5.10 Å². The molecule has 2 aliphatic rings. The fourth-order valence-corrected chi connectivity index (χ4v) is 3.67. The Hall–Kier alpha value is -2.30. The van der Waals surface area contributed by atoms with Crippen LogP contribution in [0, 0.1) is 12.8 Å². The lowest BCUT2D eigenvalue weighted by molar-refractivity contribution is -0.189. The quantitative estimate of drug-likeness (QED) is 0.736. The molecule has 0 amide bonds. The predicted molar refractivity (Wildman–Crippen MR) is 92.8 cm³/mol. The number of anilines is 1. The van der Waals surface area contributed by atoms with E-state index in [4.69, 9.17) is 0 Å². The van der Waals surface area contributed by atoms with Crippen LogP contribution < -0.4 is 5.01 Å². The summed E-state index contributed by atoms with van der Waals surface area (Å²) in [4.78, 5) is 0. The maximum Gasteiger partial charge on any atom is 0.414 e. The Morgan fingerprint density at radius 3 is 2.20 bits per heavy atom. The summed E-state index contributed by atoms with van der Waals surface area (Å²) in [5, 5.41) is 5.71. The Morgan fingerprint density at radius 2 is 1.64 bits per heavy atom. The average Bonchev–Trinajstić information content (AvgIpc) is 3.35. The highest BCUT2D eigenvalue weighted by molar-refractivity contribution is 6.04. The lowest BCUT2D eigenvalue weighted by Crippen LogP contribution is -2.57. The second kappa shape index (κ2) is 5.61. The van der Waals surface area contributed by atoms with Gasteiger partial charge in [-0.3, -0.25) is 0 Å². The standard InChI is InChI=1S/C20H19F3N2/c1-14-7-9-15(10-8-14)18-13-19(16-11-12-16,20(21,22)23)25(24-18)17-5-3-2-4-6-17/h2-10,16H,11-13H2,1H3. The third-order valence-corrected chi connectivity index (χ3v) is 5.16. The number of nitrogens with zero attached hydrogens (tertiary/aromatic N) is 2. The number of hydrogen-bond donors (Lipinski definition) is 0. The van der Waals surface area contributed by atoms with Gasteiger partial charge in [0.15, 0.2) is 5.54 Å². The molecular weight excluding hydrogens is 325 g/mol. The molecule has 2 nitrogen and oxygen atoms in total. The van der Waals surface area contributed by atoms with Gasteiger partial charge in [-0.05, 0) is 43.4 Å². The summed E-state index contributed by atoms with van der Waals surface area (Å²) in [6.45, 7) is 1.96. The molecule has 1 aliphatic carbocycles. The molecule has 1 saturated carbocycles. The van der Waals surface area contributed by atoms with E-state index in [1.807, 2.05) is 31.2 Å². The smallest absolute Gasteiger partial charge is 0.249 e. The largest absolute Gasteiger partial charge is 0.414 e. The highest BCUT2D eigenvalue weighted by atomic mass is 19.4. The Morgan fingerprint density at radius 1 is 1.00 bits per heavy atom. The maximum atomic E-state index is 14.3. The Balaban J connectivity index is 1.83. The first-order valence-electron chi connectivity index (χ1n) is 8.48. The number of halogens is 3. The van der Waals surface area contributed by atoms with Gasteiger partial charge in [0.25, 0.3) is 0 Å². The van der Waals surface area contributed by atoms with Crippen molar-refractivity contribution in [3.8, 4) is 0 Å². The van der Waals surface area contributed by atoms with Crippen molar-refractivity contribution in [2.75, 3.05) is 5.01 Å². The number of alkyl halides is 3. The summed E-state index contributed by atoms with van der Waals surface area (Å²) >= 11 is 0. The predicted octanol–water partition coefficient (Wildman–Crippen LogP) is 5.32. The fourth-order valence-electron chi connectivity index (χ4n) is 3.67. The van der Waals surface area contributed by atoms with E-state index in [0.717, 1.165) is 11.1 Å². The number of para-hydroxylation sites is 1. The third-order valence-electron chi connectivity index (χ3n) is 5.16. The van der Waals surface area contributed by atoms with Crippen LogP contribution in [0.1, 0.15) is 30.4 Å². The molecule has 1 fully saturated rings. The molecule has 2 aromatic carbocycles. The van der Waals surface area contributed by atoms with Gasteiger partial charge in [0.05, 0.1) is 11.4 Å². The second-order valence-electron chi connectivity index (χ2n) is 6.93. The highest BCUT2D eigenvalue weighted by Gasteiger charge is 2.68. The first kappa shape index (κ1) is 16.2. The van der Waals surface area contributed by atoms with Crippen LogP contribution in [0.4, 0.5) is 18.9 Å². The van der Waals surface area contributed by atoms with E-state index < -0.39 is 17.6 Å². The van der Waals surface area contributed by atoms with Gasteiger partial charge in [-0.25, -0.2) is 5.01 Å². The van der Waals surface area contributed by atoms with Crippen LogP contribution in [0.25, 0.3) is 0 Å². The zero-order valence-corrected chi connectivity index (χ0v) is 13.9. The van der Waals surface area contributed by atoms with Crippen molar-refractivity contribution in [1.82, 2.24) is 0 Å². The molecule has 1 aliphatic heterocycles. The number of aryl methyl sites for hydroxylation is 1. The van der Waals surface area contributed by atoms with Crippen molar-refractivity contribution in [2.24, 2.45) is 11.0 Å². The van der Waals surface area contributed by atoms with Crippen molar-refractivity contribution < 1.29 is 13.2 Å². The van der Waals surface area contributed by atoms with E-state index >= 15 is 0 Å². The second-order valence-corrected chi connectivity index (χ2v) is 6.93. The van der Waals surface area contributed by atoms with Crippen LogP contribution in [-0.4, -0.2) is 17.4 Å². The molecule has 2 aromatic rings. The van der Waals surface area contributed by atoms with Crippen LogP contribution in [-0.2, 0) is 0 Å². The van der Waals surface area contributed by atoms with Gasteiger partial charge >= 0.3 is 6.18 Å². The normalized spacial score (nSPS) is 23.7. The van der Waals surface area contributed by atoms with E-state index in [0.29, 0.717) is 24.2 Å². The molecule has 25 heavy (non-hydrogen) atoms. The average molecular weight is 344 g/mol. The zero-order valence-electron chi connectivity index (χ0n) is 13.9. The highest BCUT2D eigenvalue weighted by Crippen LogP contribution is 2.57. The lowest BCUT2D eigenvalue weighted by Gasteiger charge is -2.39. The number of rotatable bonds is 3. The number of hydrogen-bond acceptors (Lipinski definition) is 2. The van der Waals surface area contributed by atoms with Gasteiger partial charge in [0, 0.05) is 6.42 Å².